The molecule has 19 heavy (non-hydrogen) atoms. The van der Waals surface area contributed by atoms with Crippen molar-refractivity contribution in [3.05, 3.63) is 24.3 Å². The molecule has 0 radical (unpaired) electrons. The minimum Gasteiger partial charge on any atom is -0.497 e. The van der Waals surface area contributed by atoms with Crippen LogP contribution in [0.1, 0.15) is 6.42 Å². The number of benzene rings is 1. The zero-order valence-corrected chi connectivity index (χ0v) is 10.9. The van der Waals surface area contributed by atoms with E-state index >= 15 is 0 Å². The highest BCUT2D eigenvalue weighted by Crippen LogP contribution is 2.27. The molecule has 2 amide bonds. The van der Waals surface area contributed by atoms with Gasteiger partial charge in [-0.25, -0.2) is 5.48 Å². The molecule has 0 bridgehead atoms. The SMILES string of the molecule is CONC(=O)[C@H]1CC(=O)N(c2cccc(OC)c2)C1. The molecule has 2 rings (SSSR count). The summed E-state index contributed by atoms with van der Waals surface area (Å²) < 4.78 is 5.13. The van der Waals surface area contributed by atoms with E-state index in [2.05, 4.69) is 10.3 Å². The number of hydrogen-bond acceptors (Lipinski definition) is 4. The lowest BCUT2D eigenvalue weighted by Gasteiger charge is -2.17. The molecule has 1 aliphatic heterocycles. The van der Waals surface area contributed by atoms with Gasteiger partial charge in [0, 0.05) is 24.7 Å². The predicted molar refractivity (Wildman–Crippen MR) is 68.6 cm³/mol. The van der Waals surface area contributed by atoms with Gasteiger partial charge in [0.1, 0.15) is 5.75 Å². The average Bonchev–Trinajstić information content (AvgIpc) is 2.81. The van der Waals surface area contributed by atoms with Crippen LogP contribution >= 0.6 is 0 Å². The molecule has 0 aliphatic carbocycles. The summed E-state index contributed by atoms with van der Waals surface area (Å²) >= 11 is 0. The number of carbonyl (C=O) groups is 2. The third kappa shape index (κ3) is 2.85. The second kappa shape index (κ2) is 5.71. The van der Waals surface area contributed by atoms with E-state index in [0.29, 0.717) is 12.3 Å². The largest absolute Gasteiger partial charge is 0.497 e. The van der Waals surface area contributed by atoms with Gasteiger partial charge in [0.25, 0.3) is 0 Å². The first-order valence-corrected chi connectivity index (χ1v) is 5.93. The number of hydrogen-bond donors (Lipinski definition) is 1. The van der Waals surface area contributed by atoms with E-state index in [4.69, 9.17) is 4.74 Å². The highest BCUT2D eigenvalue weighted by molar-refractivity contribution is 6.00. The maximum absolute atomic E-state index is 12.0. The Morgan fingerprint density at radius 2 is 2.21 bits per heavy atom. The summed E-state index contributed by atoms with van der Waals surface area (Å²) in [6.07, 6.45) is 0.187. The van der Waals surface area contributed by atoms with Crippen molar-refractivity contribution in [1.82, 2.24) is 5.48 Å². The molecule has 0 spiro atoms. The highest BCUT2D eigenvalue weighted by atomic mass is 16.6. The molecule has 6 heteroatoms. The molecular weight excluding hydrogens is 248 g/mol. The van der Waals surface area contributed by atoms with Crippen LogP contribution in [0, 0.1) is 5.92 Å². The van der Waals surface area contributed by atoms with E-state index in [9.17, 15) is 9.59 Å². The maximum Gasteiger partial charge on any atom is 0.248 e. The van der Waals surface area contributed by atoms with Crippen molar-refractivity contribution >= 4 is 17.5 Å². The first-order chi connectivity index (χ1) is 9.15. The summed E-state index contributed by atoms with van der Waals surface area (Å²) in [6.45, 7) is 0.348. The van der Waals surface area contributed by atoms with E-state index in [0.717, 1.165) is 5.69 Å². The van der Waals surface area contributed by atoms with Gasteiger partial charge in [-0.3, -0.25) is 14.4 Å². The Balaban J connectivity index is 2.13. The Labute approximate surface area is 111 Å². The van der Waals surface area contributed by atoms with Crippen LogP contribution in [0.4, 0.5) is 5.69 Å². The van der Waals surface area contributed by atoms with Crippen LogP contribution < -0.4 is 15.1 Å². The van der Waals surface area contributed by atoms with Crippen molar-refractivity contribution < 1.29 is 19.2 Å². The summed E-state index contributed by atoms with van der Waals surface area (Å²) in [7, 11) is 2.94. The lowest BCUT2D eigenvalue weighted by atomic mass is 10.1. The first kappa shape index (κ1) is 13.4. The molecule has 0 aromatic heterocycles. The van der Waals surface area contributed by atoms with E-state index in [-0.39, 0.29) is 18.2 Å². The highest BCUT2D eigenvalue weighted by Gasteiger charge is 2.35. The van der Waals surface area contributed by atoms with Gasteiger partial charge in [0.2, 0.25) is 11.8 Å². The van der Waals surface area contributed by atoms with Crippen molar-refractivity contribution in [2.24, 2.45) is 5.92 Å². The fourth-order valence-electron chi connectivity index (χ4n) is 2.10. The number of amides is 2. The summed E-state index contributed by atoms with van der Waals surface area (Å²) in [6, 6.07) is 7.20. The van der Waals surface area contributed by atoms with Crippen LogP contribution in [0.15, 0.2) is 24.3 Å². The van der Waals surface area contributed by atoms with Crippen molar-refractivity contribution in [3.8, 4) is 5.75 Å². The molecule has 0 saturated carbocycles. The fraction of sp³-hybridized carbons (Fsp3) is 0.385. The molecule has 1 atom stereocenters. The number of hydroxylamine groups is 1. The lowest BCUT2D eigenvalue weighted by Crippen LogP contribution is -2.32. The first-order valence-electron chi connectivity index (χ1n) is 5.93. The Kier molecular flexibility index (Phi) is 4.01. The Morgan fingerprint density at radius 1 is 1.42 bits per heavy atom. The van der Waals surface area contributed by atoms with Crippen molar-refractivity contribution in [2.45, 2.75) is 6.42 Å². The minimum absolute atomic E-state index is 0.0792. The van der Waals surface area contributed by atoms with Crippen LogP contribution in [0.5, 0.6) is 5.75 Å². The summed E-state index contributed by atoms with van der Waals surface area (Å²) in [5.74, 6) is -0.0699. The third-order valence-electron chi connectivity index (χ3n) is 3.06. The zero-order chi connectivity index (χ0) is 13.8. The summed E-state index contributed by atoms with van der Waals surface area (Å²) in [5.41, 5.74) is 2.99. The quantitative estimate of drug-likeness (QED) is 0.814. The van der Waals surface area contributed by atoms with E-state index in [1.54, 1.807) is 24.1 Å². The number of anilines is 1. The van der Waals surface area contributed by atoms with Gasteiger partial charge >= 0.3 is 0 Å². The van der Waals surface area contributed by atoms with Gasteiger partial charge in [0.05, 0.1) is 20.1 Å². The second-order valence-corrected chi connectivity index (χ2v) is 4.28. The number of nitrogens with one attached hydrogen (secondary N) is 1. The molecule has 102 valence electrons. The molecule has 0 unspecified atom stereocenters. The molecule has 1 N–H and O–H groups in total. The van der Waals surface area contributed by atoms with E-state index in [1.807, 2.05) is 12.1 Å². The molecule has 1 aliphatic rings. The van der Waals surface area contributed by atoms with Gasteiger partial charge in [-0.05, 0) is 12.1 Å². The Morgan fingerprint density at radius 3 is 2.89 bits per heavy atom. The Bertz CT molecular complexity index is 489. The van der Waals surface area contributed by atoms with Crippen LogP contribution in [0.3, 0.4) is 0 Å². The molecular formula is C13H16N2O4. The van der Waals surface area contributed by atoms with Crippen molar-refractivity contribution in [2.75, 3.05) is 25.7 Å². The number of rotatable bonds is 4. The summed E-state index contributed by atoms with van der Waals surface area (Å²) in [5, 5.41) is 0. The zero-order valence-electron chi connectivity index (χ0n) is 10.9. The Hall–Kier alpha value is -2.08. The van der Waals surface area contributed by atoms with Crippen molar-refractivity contribution in [1.29, 1.82) is 0 Å². The van der Waals surface area contributed by atoms with Gasteiger partial charge in [-0.2, -0.15) is 0 Å². The topological polar surface area (TPSA) is 67.9 Å². The number of carbonyl (C=O) groups excluding carboxylic acids is 2. The van der Waals surface area contributed by atoms with Gasteiger partial charge in [-0.15, -0.1) is 0 Å². The smallest absolute Gasteiger partial charge is 0.248 e. The van der Waals surface area contributed by atoms with Gasteiger partial charge in [0.15, 0.2) is 0 Å². The maximum atomic E-state index is 12.0. The summed E-state index contributed by atoms with van der Waals surface area (Å²) in [4.78, 5) is 29.8. The van der Waals surface area contributed by atoms with Crippen LogP contribution in [-0.2, 0) is 14.4 Å². The molecule has 1 heterocycles. The fourth-order valence-corrected chi connectivity index (χ4v) is 2.10. The normalized spacial score (nSPS) is 18.5. The van der Waals surface area contributed by atoms with Crippen LogP contribution in [-0.4, -0.2) is 32.6 Å². The molecule has 1 saturated heterocycles. The second-order valence-electron chi connectivity index (χ2n) is 4.28. The average molecular weight is 264 g/mol. The van der Waals surface area contributed by atoms with Crippen LogP contribution in [0.2, 0.25) is 0 Å². The predicted octanol–water partition coefficient (Wildman–Crippen LogP) is 0.726. The number of ether oxygens (including phenoxy) is 1. The van der Waals surface area contributed by atoms with Crippen molar-refractivity contribution in [3.63, 3.8) is 0 Å². The van der Waals surface area contributed by atoms with Gasteiger partial charge in [-0.1, -0.05) is 6.07 Å². The lowest BCUT2D eigenvalue weighted by molar-refractivity contribution is -0.135. The molecule has 6 nitrogen and oxygen atoms in total. The molecule has 1 aromatic rings. The van der Waals surface area contributed by atoms with E-state index in [1.165, 1.54) is 7.11 Å². The van der Waals surface area contributed by atoms with Gasteiger partial charge < -0.3 is 9.64 Å². The van der Waals surface area contributed by atoms with E-state index < -0.39 is 5.92 Å². The monoisotopic (exact) mass is 264 g/mol. The standard InChI is InChI=1S/C13H16N2O4/c1-18-11-5-3-4-10(7-11)15-8-9(6-12(15)16)13(17)14-19-2/h3-5,7,9H,6,8H2,1-2H3,(H,14,17)/t9-/m0/s1. The third-order valence-corrected chi connectivity index (χ3v) is 3.06. The number of nitrogens with zero attached hydrogens (tertiary/aromatic N) is 1. The number of methoxy groups -OCH3 is 1. The molecule has 1 fully saturated rings. The minimum atomic E-state index is -0.390. The molecule has 1 aromatic carbocycles. The van der Waals surface area contributed by atoms with Crippen LogP contribution in [0.25, 0.3) is 0 Å².